The number of benzene rings is 1. The average Bonchev–Trinajstić information content (AvgIpc) is 2.49. The smallest absolute Gasteiger partial charge is 0.223 e. The molecule has 1 atom stereocenters. The lowest BCUT2D eigenvalue weighted by Gasteiger charge is -2.28. The molecule has 0 unspecified atom stereocenters. The summed E-state index contributed by atoms with van der Waals surface area (Å²) in [5.41, 5.74) is 0.890. The van der Waals surface area contributed by atoms with Gasteiger partial charge in [0.05, 0.1) is 6.04 Å². The Morgan fingerprint density at radius 1 is 1.24 bits per heavy atom. The van der Waals surface area contributed by atoms with Crippen LogP contribution in [0.25, 0.3) is 0 Å². The van der Waals surface area contributed by atoms with Gasteiger partial charge in [0.25, 0.3) is 0 Å². The van der Waals surface area contributed by atoms with Crippen LogP contribution in [-0.4, -0.2) is 18.4 Å². The van der Waals surface area contributed by atoms with Gasteiger partial charge in [-0.3, -0.25) is 9.59 Å². The molecule has 1 fully saturated rings. The molecular formula is C16H21FN2O2. The predicted octanol–water partition coefficient (Wildman–Crippen LogP) is 2.31. The molecule has 114 valence electrons. The van der Waals surface area contributed by atoms with E-state index in [0.29, 0.717) is 0 Å². The molecule has 2 N–H and O–H groups in total. The van der Waals surface area contributed by atoms with Crippen molar-refractivity contribution in [3.8, 4) is 0 Å². The highest BCUT2D eigenvalue weighted by Gasteiger charge is 2.26. The van der Waals surface area contributed by atoms with Gasteiger partial charge in [-0.15, -0.1) is 0 Å². The Kier molecular flexibility index (Phi) is 5.31. The van der Waals surface area contributed by atoms with E-state index in [-0.39, 0.29) is 29.7 Å². The SMILES string of the molecule is C[C@@H](NC(=O)[C@H]1CC[C@H](NC=O)CC1)c1ccc(F)cc1. The first-order chi connectivity index (χ1) is 10.1. The van der Waals surface area contributed by atoms with Crippen molar-refractivity contribution in [2.75, 3.05) is 0 Å². The molecule has 2 amide bonds. The Morgan fingerprint density at radius 3 is 2.43 bits per heavy atom. The zero-order valence-electron chi connectivity index (χ0n) is 12.1. The molecule has 0 saturated heterocycles. The molecule has 0 aromatic heterocycles. The molecule has 5 heteroatoms. The van der Waals surface area contributed by atoms with Crippen LogP contribution in [0.3, 0.4) is 0 Å². The summed E-state index contributed by atoms with van der Waals surface area (Å²) in [4.78, 5) is 22.6. The predicted molar refractivity (Wildman–Crippen MR) is 77.9 cm³/mol. The molecule has 1 aliphatic rings. The maximum atomic E-state index is 12.9. The second kappa shape index (κ2) is 7.20. The third-order valence-corrected chi connectivity index (χ3v) is 4.13. The summed E-state index contributed by atoms with van der Waals surface area (Å²) < 4.78 is 12.9. The summed E-state index contributed by atoms with van der Waals surface area (Å²) in [6.07, 6.45) is 3.96. The Balaban J connectivity index is 1.84. The molecule has 1 saturated carbocycles. The number of carbonyl (C=O) groups excluding carboxylic acids is 2. The van der Waals surface area contributed by atoms with Crippen LogP contribution in [0.4, 0.5) is 4.39 Å². The summed E-state index contributed by atoms with van der Waals surface area (Å²) >= 11 is 0. The Bertz CT molecular complexity index is 482. The highest BCUT2D eigenvalue weighted by molar-refractivity contribution is 5.79. The summed E-state index contributed by atoms with van der Waals surface area (Å²) in [6.45, 7) is 1.89. The number of halogens is 1. The van der Waals surface area contributed by atoms with Gasteiger partial charge in [0.1, 0.15) is 5.82 Å². The largest absolute Gasteiger partial charge is 0.356 e. The van der Waals surface area contributed by atoms with Gasteiger partial charge < -0.3 is 10.6 Å². The Morgan fingerprint density at radius 2 is 1.86 bits per heavy atom. The first-order valence-electron chi connectivity index (χ1n) is 7.35. The molecule has 0 radical (unpaired) electrons. The van der Waals surface area contributed by atoms with E-state index in [4.69, 9.17) is 0 Å². The Hall–Kier alpha value is -1.91. The minimum atomic E-state index is -0.279. The van der Waals surface area contributed by atoms with E-state index in [1.54, 1.807) is 12.1 Å². The fraction of sp³-hybridized carbons (Fsp3) is 0.500. The van der Waals surface area contributed by atoms with Gasteiger partial charge in [0, 0.05) is 12.0 Å². The minimum absolute atomic E-state index is 0.00222. The van der Waals surface area contributed by atoms with Gasteiger partial charge in [0.2, 0.25) is 12.3 Å². The maximum Gasteiger partial charge on any atom is 0.223 e. The van der Waals surface area contributed by atoms with Crippen molar-refractivity contribution in [1.29, 1.82) is 0 Å². The van der Waals surface area contributed by atoms with Gasteiger partial charge in [-0.2, -0.15) is 0 Å². The average molecular weight is 292 g/mol. The minimum Gasteiger partial charge on any atom is -0.356 e. The number of amides is 2. The first-order valence-corrected chi connectivity index (χ1v) is 7.35. The summed E-state index contributed by atoms with van der Waals surface area (Å²) in [5, 5.41) is 5.75. The Labute approximate surface area is 124 Å². The molecule has 2 rings (SSSR count). The van der Waals surface area contributed by atoms with Crippen LogP contribution in [0.5, 0.6) is 0 Å². The van der Waals surface area contributed by atoms with E-state index >= 15 is 0 Å². The molecule has 1 aliphatic carbocycles. The fourth-order valence-electron chi connectivity index (χ4n) is 2.78. The van der Waals surface area contributed by atoms with Crippen molar-refractivity contribution >= 4 is 12.3 Å². The van der Waals surface area contributed by atoms with Crippen molar-refractivity contribution in [2.24, 2.45) is 5.92 Å². The third kappa shape index (κ3) is 4.28. The van der Waals surface area contributed by atoms with Gasteiger partial charge in [-0.1, -0.05) is 12.1 Å². The van der Waals surface area contributed by atoms with Crippen molar-refractivity contribution < 1.29 is 14.0 Å². The van der Waals surface area contributed by atoms with Crippen LogP contribution < -0.4 is 10.6 Å². The molecule has 0 aliphatic heterocycles. The standard InChI is InChI=1S/C16H21FN2O2/c1-11(12-2-6-14(17)7-3-12)19-16(21)13-4-8-15(9-5-13)18-10-20/h2-3,6-7,10-11,13,15H,4-5,8-9H2,1H3,(H,18,20)(H,19,21)/t11-,13-,15-/m1/s1. The van der Waals surface area contributed by atoms with Gasteiger partial charge in [-0.25, -0.2) is 4.39 Å². The first kappa shape index (κ1) is 15.5. The molecule has 1 aromatic rings. The normalized spacial score (nSPS) is 23.1. The zero-order valence-corrected chi connectivity index (χ0v) is 12.1. The van der Waals surface area contributed by atoms with Gasteiger partial charge in [0.15, 0.2) is 0 Å². The third-order valence-electron chi connectivity index (χ3n) is 4.13. The lowest BCUT2D eigenvalue weighted by Crippen LogP contribution is -2.38. The van der Waals surface area contributed by atoms with E-state index in [9.17, 15) is 14.0 Å². The van der Waals surface area contributed by atoms with E-state index in [1.807, 2.05) is 6.92 Å². The highest BCUT2D eigenvalue weighted by Crippen LogP contribution is 2.25. The number of carbonyl (C=O) groups is 2. The molecule has 1 aromatic carbocycles. The quantitative estimate of drug-likeness (QED) is 0.818. The van der Waals surface area contributed by atoms with E-state index in [1.165, 1.54) is 12.1 Å². The second-order valence-corrected chi connectivity index (χ2v) is 5.61. The van der Waals surface area contributed by atoms with Crippen molar-refractivity contribution in [3.05, 3.63) is 35.6 Å². The van der Waals surface area contributed by atoms with Crippen LogP contribution in [0.1, 0.15) is 44.2 Å². The van der Waals surface area contributed by atoms with Gasteiger partial charge >= 0.3 is 0 Å². The van der Waals surface area contributed by atoms with Crippen LogP contribution >= 0.6 is 0 Å². The van der Waals surface area contributed by atoms with E-state index in [2.05, 4.69) is 10.6 Å². The number of nitrogens with one attached hydrogen (secondary N) is 2. The van der Waals surface area contributed by atoms with Crippen LogP contribution in [0.15, 0.2) is 24.3 Å². The van der Waals surface area contributed by atoms with Crippen molar-refractivity contribution in [2.45, 2.75) is 44.7 Å². The molecule has 0 bridgehead atoms. The molecule has 0 heterocycles. The number of hydrogen-bond donors (Lipinski definition) is 2. The fourth-order valence-corrected chi connectivity index (χ4v) is 2.78. The second-order valence-electron chi connectivity index (χ2n) is 5.61. The summed E-state index contributed by atoms with van der Waals surface area (Å²) in [7, 11) is 0. The number of hydrogen-bond acceptors (Lipinski definition) is 2. The van der Waals surface area contributed by atoms with E-state index in [0.717, 1.165) is 37.7 Å². The molecular weight excluding hydrogens is 271 g/mol. The maximum absolute atomic E-state index is 12.9. The molecule has 4 nitrogen and oxygen atoms in total. The summed E-state index contributed by atoms with van der Waals surface area (Å²) in [6, 6.07) is 6.23. The van der Waals surface area contributed by atoms with Crippen LogP contribution in [0.2, 0.25) is 0 Å². The van der Waals surface area contributed by atoms with Gasteiger partial charge in [-0.05, 0) is 50.3 Å². The van der Waals surface area contributed by atoms with E-state index < -0.39 is 0 Å². The van der Waals surface area contributed by atoms with Crippen LogP contribution in [0, 0.1) is 11.7 Å². The highest BCUT2D eigenvalue weighted by atomic mass is 19.1. The lowest BCUT2D eigenvalue weighted by atomic mass is 9.85. The van der Waals surface area contributed by atoms with Crippen molar-refractivity contribution in [3.63, 3.8) is 0 Å². The van der Waals surface area contributed by atoms with Crippen molar-refractivity contribution in [1.82, 2.24) is 10.6 Å². The summed E-state index contributed by atoms with van der Waals surface area (Å²) in [5.74, 6) is -0.243. The number of rotatable bonds is 5. The van der Waals surface area contributed by atoms with Crippen LogP contribution in [-0.2, 0) is 9.59 Å². The monoisotopic (exact) mass is 292 g/mol. The zero-order chi connectivity index (χ0) is 15.2. The molecule has 21 heavy (non-hydrogen) atoms. The topological polar surface area (TPSA) is 58.2 Å². The molecule has 0 spiro atoms. The lowest BCUT2D eigenvalue weighted by molar-refractivity contribution is -0.126.